The first-order chi connectivity index (χ1) is 11.5. The van der Waals surface area contributed by atoms with E-state index in [2.05, 4.69) is 15.2 Å². The average molecular weight is 365 g/mol. The average Bonchev–Trinajstić information content (AvgIpc) is 2.89. The largest absolute Gasteiger partial charge is 0.278 e. The molecule has 1 unspecified atom stereocenters. The van der Waals surface area contributed by atoms with E-state index < -0.39 is 0 Å². The molecular formula is C16H17ClN4O2S. The lowest BCUT2D eigenvalue weighted by Crippen LogP contribution is -2.41. The molecule has 3 rings (SSSR count). The zero-order valence-electron chi connectivity index (χ0n) is 13.2. The van der Waals surface area contributed by atoms with Crippen molar-refractivity contribution in [3.8, 4) is 0 Å². The van der Waals surface area contributed by atoms with Gasteiger partial charge in [-0.15, -0.1) is 5.10 Å². The van der Waals surface area contributed by atoms with Crippen LogP contribution in [0.4, 0.5) is 0 Å². The van der Waals surface area contributed by atoms with Crippen LogP contribution in [0.15, 0.2) is 29.4 Å². The summed E-state index contributed by atoms with van der Waals surface area (Å²) in [4.78, 5) is 31.1. The topological polar surface area (TPSA) is 79.0 Å². The Bertz CT molecular complexity index is 747. The Labute approximate surface area is 149 Å². The predicted molar refractivity (Wildman–Crippen MR) is 92.1 cm³/mol. The lowest BCUT2D eigenvalue weighted by Gasteiger charge is -2.21. The number of nitrogens with zero attached hydrogens (tertiary/aromatic N) is 3. The van der Waals surface area contributed by atoms with Gasteiger partial charge in [0.05, 0.1) is 5.25 Å². The van der Waals surface area contributed by atoms with Crippen molar-refractivity contribution >= 4 is 35.2 Å². The summed E-state index contributed by atoms with van der Waals surface area (Å²) < 4.78 is 0. The number of benzene rings is 1. The number of hydrogen-bond donors (Lipinski definition) is 1. The molecule has 8 heteroatoms. The number of thioether (sulfide) groups is 1. The van der Waals surface area contributed by atoms with Crippen LogP contribution in [-0.4, -0.2) is 43.7 Å². The summed E-state index contributed by atoms with van der Waals surface area (Å²) in [6.07, 6.45) is 2.40. The quantitative estimate of drug-likeness (QED) is 0.846. The molecule has 126 valence electrons. The lowest BCUT2D eigenvalue weighted by molar-refractivity contribution is -0.127. The number of likely N-dealkylation sites (tertiary alicyclic amines) is 1. The molecule has 1 N–H and O–H groups in total. The molecule has 1 aromatic carbocycles. The van der Waals surface area contributed by atoms with E-state index in [-0.39, 0.29) is 17.1 Å². The Morgan fingerprint density at radius 2 is 2.08 bits per heavy atom. The molecule has 1 aliphatic heterocycles. The Hall–Kier alpha value is -1.86. The van der Waals surface area contributed by atoms with E-state index in [4.69, 9.17) is 11.6 Å². The highest BCUT2D eigenvalue weighted by Gasteiger charge is 2.32. The number of H-pyrrole nitrogens is 1. The van der Waals surface area contributed by atoms with Gasteiger partial charge in [-0.1, -0.05) is 29.8 Å². The molecular weight excluding hydrogens is 348 g/mol. The van der Waals surface area contributed by atoms with Crippen molar-refractivity contribution in [2.75, 3.05) is 6.54 Å². The Morgan fingerprint density at radius 1 is 1.33 bits per heavy atom. The molecule has 0 saturated carbocycles. The van der Waals surface area contributed by atoms with E-state index in [1.54, 1.807) is 24.3 Å². The van der Waals surface area contributed by atoms with Gasteiger partial charge in [0.25, 0.3) is 5.91 Å². The highest BCUT2D eigenvalue weighted by atomic mass is 35.5. The first-order valence-electron chi connectivity index (χ1n) is 7.71. The number of nitrogens with one attached hydrogen (secondary N) is 1. The molecule has 2 heterocycles. The van der Waals surface area contributed by atoms with Crippen molar-refractivity contribution in [2.45, 2.75) is 36.6 Å². The summed E-state index contributed by atoms with van der Waals surface area (Å²) in [5.41, 5.74) is 0.465. The zero-order valence-corrected chi connectivity index (χ0v) is 14.7. The van der Waals surface area contributed by atoms with Crippen LogP contribution >= 0.6 is 23.4 Å². The maximum Gasteiger partial charge on any atom is 0.260 e. The zero-order chi connectivity index (χ0) is 17.1. The van der Waals surface area contributed by atoms with Crippen LogP contribution in [0, 0.1) is 6.92 Å². The van der Waals surface area contributed by atoms with Crippen molar-refractivity contribution in [1.82, 2.24) is 20.1 Å². The van der Waals surface area contributed by atoms with Gasteiger partial charge in [0.1, 0.15) is 5.82 Å². The van der Waals surface area contributed by atoms with Crippen LogP contribution in [0.3, 0.4) is 0 Å². The van der Waals surface area contributed by atoms with Gasteiger partial charge < -0.3 is 0 Å². The summed E-state index contributed by atoms with van der Waals surface area (Å²) >= 11 is 7.17. The van der Waals surface area contributed by atoms with Gasteiger partial charge in [-0.05, 0) is 44.0 Å². The molecule has 1 atom stereocenters. The highest BCUT2D eigenvalue weighted by Crippen LogP contribution is 2.28. The second-order valence-corrected chi connectivity index (χ2v) is 7.21. The molecule has 1 aromatic heterocycles. The standard InChI is InChI=1S/C16H17ClN4O2S/c1-10-18-16(20-19-10)24-13-4-2-3-9-21(15(13)23)14(22)11-5-7-12(17)8-6-11/h5-8,13H,2-4,9H2,1H3,(H,18,19,20). The number of halogens is 1. The van der Waals surface area contributed by atoms with E-state index in [1.165, 1.54) is 16.7 Å². The van der Waals surface area contributed by atoms with Gasteiger partial charge in [-0.25, -0.2) is 4.98 Å². The molecule has 1 saturated heterocycles. The molecule has 2 amide bonds. The first-order valence-corrected chi connectivity index (χ1v) is 8.97. The molecule has 0 spiro atoms. The van der Waals surface area contributed by atoms with Crippen LogP contribution in [0.2, 0.25) is 5.02 Å². The van der Waals surface area contributed by atoms with Gasteiger partial charge in [-0.3, -0.25) is 19.6 Å². The highest BCUT2D eigenvalue weighted by molar-refractivity contribution is 8.00. The van der Waals surface area contributed by atoms with Crippen LogP contribution in [0.5, 0.6) is 0 Å². The van der Waals surface area contributed by atoms with Gasteiger partial charge in [0, 0.05) is 17.1 Å². The first kappa shape index (κ1) is 17.0. The molecule has 0 radical (unpaired) electrons. The van der Waals surface area contributed by atoms with Crippen LogP contribution < -0.4 is 0 Å². The summed E-state index contributed by atoms with van der Waals surface area (Å²) in [6.45, 7) is 2.24. The number of hydrogen-bond acceptors (Lipinski definition) is 5. The number of aromatic amines is 1. The van der Waals surface area contributed by atoms with Crippen molar-refractivity contribution in [3.63, 3.8) is 0 Å². The third-order valence-corrected chi connectivity index (χ3v) is 5.17. The van der Waals surface area contributed by atoms with Crippen molar-refractivity contribution < 1.29 is 9.59 Å². The number of carbonyl (C=O) groups is 2. The second kappa shape index (κ2) is 7.36. The normalized spacial score (nSPS) is 18.5. The van der Waals surface area contributed by atoms with Gasteiger partial charge in [-0.2, -0.15) is 0 Å². The van der Waals surface area contributed by atoms with Gasteiger partial charge in [0.2, 0.25) is 11.1 Å². The fraction of sp³-hybridized carbons (Fsp3) is 0.375. The maximum absolute atomic E-state index is 12.8. The molecule has 1 fully saturated rings. The fourth-order valence-corrected chi connectivity index (χ4v) is 3.75. The van der Waals surface area contributed by atoms with Crippen molar-refractivity contribution in [3.05, 3.63) is 40.7 Å². The number of carbonyl (C=O) groups excluding carboxylic acids is 2. The van der Waals surface area contributed by atoms with Crippen molar-refractivity contribution in [2.24, 2.45) is 0 Å². The smallest absolute Gasteiger partial charge is 0.260 e. The maximum atomic E-state index is 12.8. The van der Waals surface area contributed by atoms with Crippen molar-refractivity contribution in [1.29, 1.82) is 0 Å². The third kappa shape index (κ3) is 3.79. The van der Waals surface area contributed by atoms with Gasteiger partial charge in [0.15, 0.2) is 0 Å². The predicted octanol–water partition coefficient (Wildman–Crippen LogP) is 3.08. The molecule has 2 aromatic rings. The lowest BCUT2D eigenvalue weighted by atomic mass is 10.2. The number of imide groups is 1. The third-order valence-electron chi connectivity index (χ3n) is 3.80. The number of aryl methyl sites for hydroxylation is 1. The Kier molecular flexibility index (Phi) is 5.20. The minimum atomic E-state index is -0.348. The van der Waals surface area contributed by atoms with E-state index in [9.17, 15) is 9.59 Å². The Morgan fingerprint density at radius 3 is 2.75 bits per heavy atom. The van der Waals surface area contributed by atoms with Gasteiger partial charge >= 0.3 is 0 Å². The monoisotopic (exact) mass is 364 g/mol. The van der Waals surface area contributed by atoms with Crippen LogP contribution in [0.25, 0.3) is 0 Å². The molecule has 0 bridgehead atoms. The van der Waals surface area contributed by atoms with E-state index in [0.717, 1.165) is 12.8 Å². The number of rotatable bonds is 3. The summed E-state index contributed by atoms with van der Waals surface area (Å²) in [7, 11) is 0. The van der Waals surface area contributed by atoms with Crippen LogP contribution in [-0.2, 0) is 4.79 Å². The molecule has 24 heavy (non-hydrogen) atoms. The fourth-order valence-electron chi connectivity index (χ4n) is 2.57. The van der Waals surface area contributed by atoms with E-state index in [1.807, 2.05) is 6.92 Å². The Balaban J connectivity index is 1.78. The minimum absolute atomic E-state index is 0.181. The van der Waals surface area contributed by atoms with Crippen LogP contribution in [0.1, 0.15) is 35.4 Å². The minimum Gasteiger partial charge on any atom is -0.278 e. The second-order valence-electron chi connectivity index (χ2n) is 5.61. The van der Waals surface area contributed by atoms with E-state index in [0.29, 0.717) is 34.5 Å². The number of aromatic nitrogens is 3. The summed E-state index contributed by atoms with van der Waals surface area (Å²) in [6, 6.07) is 6.59. The van der Waals surface area contributed by atoms with E-state index >= 15 is 0 Å². The molecule has 1 aliphatic rings. The number of amides is 2. The SMILES string of the molecule is Cc1nc(SC2CCCCN(C(=O)c3ccc(Cl)cc3)C2=O)n[nH]1. The molecule has 6 nitrogen and oxygen atoms in total. The molecule has 0 aliphatic carbocycles. The summed E-state index contributed by atoms with van der Waals surface area (Å²) in [5, 5.41) is 7.58. The summed E-state index contributed by atoms with van der Waals surface area (Å²) in [5.74, 6) is 0.239.